The van der Waals surface area contributed by atoms with Crippen LogP contribution >= 0.6 is 22.6 Å². The fourth-order valence-corrected chi connectivity index (χ4v) is 2.69. The summed E-state index contributed by atoms with van der Waals surface area (Å²) in [6.07, 6.45) is 1.78. The maximum Gasteiger partial charge on any atom is 0.259 e. The quantitative estimate of drug-likeness (QED) is 0.721. The van der Waals surface area contributed by atoms with Crippen LogP contribution in [0.5, 0.6) is 0 Å². The van der Waals surface area contributed by atoms with Gasteiger partial charge in [-0.15, -0.1) is 0 Å². The van der Waals surface area contributed by atoms with Crippen LogP contribution in [0.15, 0.2) is 49.0 Å². The van der Waals surface area contributed by atoms with Crippen molar-refractivity contribution in [2.45, 2.75) is 6.92 Å². The van der Waals surface area contributed by atoms with Crippen molar-refractivity contribution in [2.75, 3.05) is 11.9 Å². The standard InChI is InChI=1S/C17H16INO/c1-4-13-11-12(2)9-10-16(13)19(3)17(20)14-7-5-6-8-15(14)18/h4-11H,1H2,2-3H3. The number of nitrogens with zero attached hydrogens (tertiary/aromatic N) is 1. The zero-order chi connectivity index (χ0) is 14.7. The Labute approximate surface area is 133 Å². The Kier molecular flexibility index (Phi) is 4.60. The van der Waals surface area contributed by atoms with Crippen LogP contribution in [0.3, 0.4) is 0 Å². The molecule has 0 spiro atoms. The van der Waals surface area contributed by atoms with Crippen molar-refractivity contribution >= 4 is 40.3 Å². The number of amides is 1. The van der Waals surface area contributed by atoms with Crippen LogP contribution in [-0.4, -0.2) is 13.0 Å². The molecule has 0 N–H and O–H groups in total. The maximum absolute atomic E-state index is 12.6. The third-order valence-electron chi connectivity index (χ3n) is 3.17. The van der Waals surface area contributed by atoms with Gasteiger partial charge < -0.3 is 4.90 Å². The molecule has 0 saturated heterocycles. The minimum absolute atomic E-state index is 0.0121. The Morgan fingerprint density at radius 2 is 1.95 bits per heavy atom. The van der Waals surface area contributed by atoms with Crippen LogP contribution in [0, 0.1) is 10.5 Å². The van der Waals surface area contributed by atoms with Crippen LogP contribution < -0.4 is 4.90 Å². The molecule has 0 heterocycles. The number of hydrogen-bond donors (Lipinski definition) is 0. The van der Waals surface area contributed by atoms with Crippen molar-refractivity contribution in [3.05, 3.63) is 69.3 Å². The summed E-state index contributed by atoms with van der Waals surface area (Å²) in [5.74, 6) is -0.0121. The molecule has 0 aromatic heterocycles. The summed E-state index contributed by atoms with van der Waals surface area (Å²) in [7, 11) is 1.79. The van der Waals surface area contributed by atoms with E-state index in [-0.39, 0.29) is 5.91 Å². The molecule has 20 heavy (non-hydrogen) atoms. The van der Waals surface area contributed by atoms with E-state index < -0.39 is 0 Å². The van der Waals surface area contributed by atoms with Crippen LogP contribution in [0.1, 0.15) is 21.5 Å². The Hall–Kier alpha value is -1.62. The average molecular weight is 377 g/mol. The average Bonchev–Trinajstić information content (AvgIpc) is 2.46. The highest BCUT2D eigenvalue weighted by atomic mass is 127. The van der Waals surface area contributed by atoms with Gasteiger partial charge in [0.1, 0.15) is 0 Å². The minimum Gasteiger partial charge on any atom is -0.311 e. The molecule has 0 radical (unpaired) electrons. The molecule has 102 valence electrons. The van der Waals surface area contributed by atoms with Gasteiger partial charge in [0.25, 0.3) is 5.91 Å². The van der Waals surface area contributed by atoms with E-state index in [4.69, 9.17) is 0 Å². The lowest BCUT2D eigenvalue weighted by atomic mass is 10.1. The molecule has 2 aromatic carbocycles. The number of halogens is 1. The molecular weight excluding hydrogens is 361 g/mol. The van der Waals surface area contributed by atoms with Gasteiger partial charge in [-0.25, -0.2) is 0 Å². The Balaban J connectivity index is 2.41. The highest BCUT2D eigenvalue weighted by Gasteiger charge is 2.17. The first-order valence-electron chi connectivity index (χ1n) is 6.30. The van der Waals surface area contributed by atoms with Crippen LogP contribution in [0.2, 0.25) is 0 Å². The van der Waals surface area contributed by atoms with Gasteiger partial charge in [0.2, 0.25) is 0 Å². The van der Waals surface area contributed by atoms with E-state index in [1.165, 1.54) is 0 Å². The number of carbonyl (C=O) groups excluding carboxylic acids is 1. The zero-order valence-corrected chi connectivity index (χ0v) is 13.7. The summed E-state index contributed by atoms with van der Waals surface area (Å²) in [4.78, 5) is 14.3. The fraction of sp³-hybridized carbons (Fsp3) is 0.118. The molecule has 0 saturated carbocycles. The molecule has 2 rings (SSSR count). The van der Waals surface area contributed by atoms with E-state index in [9.17, 15) is 4.79 Å². The van der Waals surface area contributed by atoms with Crippen molar-refractivity contribution in [2.24, 2.45) is 0 Å². The number of aryl methyl sites for hydroxylation is 1. The first kappa shape index (κ1) is 14.8. The largest absolute Gasteiger partial charge is 0.311 e. The minimum atomic E-state index is -0.0121. The third-order valence-corrected chi connectivity index (χ3v) is 4.11. The normalized spacial score (nSPS) is 10.2. The summed E-state index contributed by atoms with van der Waals surface area (Å²) in [6.45, 7) is 5.85. The number of carbonyl (C=O) groups is 1. The van der Waals surface area contributed by atoms with E-state index in [0.717, 1.165) is 20.4 Å². The summed E-state index contributed by atoms with van der Waals surface area (Å²) >= 11 is 2.18. The fourth-order valence-electron chi connectivity index (χ4n) is 2.07. The van der Waals surface area contributed by atoms with Crippen molar-refractivity contribution in [3.63, 3.8) is 0 Å². The van der Waals surface area contributed by atoms with Gasteiger partial charge in [0.05, 0.1) is 11.3 Å². The summed E-state index contributed by atoms with van der Waals surface area (Å²) in [5, 5.41) is 0. The van der Waals surface area contributed by atoms with Gasteiger partial charge in [-0.2, -0.15) is 0 Å². The first-order valence-corrected chi connectivity index (χ1v) is 7.38. The molecule has 0 aliphatic rings. The van der Waals surface area contributed by atoms with Gasteiger partial charge in [-0.05, 0) is 59.3 Å². The van der Waals surface area contributed by atoms with Gasteiger partial charge in [-0.1, -0.05) is 36.4 Å². The van der Waals surface area contributed by atoms with Crippen LogP contribution in [-0.2, 0) is 0 Å². The predicted octanol–water partition coefficient (Wildman–Crippen LogP) is 4.52. The number of anilines is 1. The molecule has 0 fully saturated rings. The molecule has 0 atom stereocenters. The number of rotatable bonds is 3. The second-order valence-corrected chi connectivity index (χ2v) is 5.77. The summed E-state index contributed by atoms with van der Waals surface area (Å²) in [6, 6.07) is 13.6. The molecule has 0 bridgehead atoms. The molecular formula is C17H16INO. The Morgan fingerprint density at radius 3 is 2.60 bits per heavy atom. The first-order chi connectivity index (χ1) is 9.54. The third kappa shape index (κ3) is 2.93. The Morgan fingerprint density at radius 1 is 1.25 bits per heavy atom. The van der Waals surface area contributed by atoms with E-state index in [0.29, 0.717) is 5.56 Å². The topological polar surface area (TPSA) is 20.3 Å². The second-order valence-electron chi connectivity index (χ2n) is 4.61. The van der Waals surface area contributed by atoms with E-state index in [1.807, 2.05) is 49.4 Å². The maximum atomic E-state index is 12.6. The Bertz CT molecular complexity index is 664. The monoisotopic (exact) mass is 377 g/mol. The van der Waals surface area contributed by atoms with Crippen molar-refractivity contribution in [1.82, 2.24) is 0 Å². The van der Waals surface area contributed by atoms with E-state index >= 15 is 0 Å². The van der Waals surface area contributed by atoms with E-state index in [2.05, 4.69) is 29.2 Å². The highest BCUT2D eigenvalue weighted by molar-refractivity contribution is 14.1. The highest BCUT2D eigenvalue weighted by Crippen LogP contribution is 2.24. The smallest absolute Gasteiger partial charge is 0.259 e. The van der Waals surface area contributed by atoms with Crippen LogP contribution in [0.25, 0.3) is 6.08 Å². The van der Waals surface area contributed by atoms with Gasteiger partial charge in [-0.3, -0.25) is 4.79 Å². The van der Waals surface area contributed by atoms with Crippen LogP contribution in [0.4, 0.5) is 5.69 Å². The summed E-state index contributed by atoms with van der Waals surface area (Å²) < 4.78 is 0.953. The van der Waals surface area contributed by atoms with Crippen molar-refractivity contribution < 1.29 is 4.79 Å². The van der Waals surface area contributed by atoms with E-state index in [1.54, 1.807) is 18.0 Å². The molecule has 2 nitrogen and oxygen atoms in total. The van der Waals surface area contributed by atoms with Gasteiger partial charge in [0, 0.05) is 10.6 Å². The zero-order valence-electron chi connectivity index (χ0n) is 11.6. The molecule has 1 amide bonds. The summed E-state index contributed by atoms with van der Waals surface area (Å²) in [5.41, 5.74) is 3.70. The van der Waals surface area contributed by atoms with Crippen molar-refractivity contribution in [1.29, 1.82) is 0 Å². The SMILES string of the molecule is C=Cc1cc(C)ccc1N(C)C(=O)c1ccccc1I. The van der Waals surface area contributed by atoms with Gasteiger partial charge >= 0.3 is 0 Å². The second kappa shape index (κ2) is 6.22. The predicted molar refractivity (Wildman–Crippen MR) is 93.2 cm³/mol. The molecule has 2 aromatic rings. The van der Waals surface area contributed by atoms with Gasteiger partial charge in [0.15, 0.2) is 0 Å². The molecule has 0 aliphatic carbocycles. The lowest BCUT2D eigenvalue weighted by Crippen LogP contribution is -2.27. The number of benzene rings is 2. The number of hydrogen-bond acceptors (Lipinski definition) is 1. The molecule has 0 aliphatic heterocycles. The molecule has 3 heteroatoms. The molecule has 0 unspecified atom stereocenters. The van der Waals surface area contributed by atoms with Crippen molar-refractivity contribution in [3.8, 4) is 0 Å². The lowest BCUT2D eigenvalue weighted by Gasteiger charge is -2.20. The lowest BCUT2D eigenvalue weighted by molar-refractivity contribution is 0.0992.